The highest BCUT2D eigenvalue weighted by Gasteiger charge is 2.28. The van der Waals surface area contributed by atoms with Crippen LogP contribution in [0.15, 0.2) is 24.5 Å². The fourth-order valence-corrected chi connectivity index (χ4v) is 2.61. The first-order valence-electron chi connectivity index (χ1n) is 7.30. The Morgan fingerprint density at radius 3 is 3.14 bits per heavy atom. The van der Waals surface area contributed by atoms with E-state index in [9.17, 15) is 4.39 Å². The fraction of sp³-hybridized carbons (Fsp3) is 0.467. The minimum absolute atomic E-state index is 0.0251. The third-order valence-corrected chi connectivity index (χ3v) is 3.79. The highest BCUT2D eigenvalue weighted by Crippen LogP contribution is 2.30. The molecule has 1 saturated heterocycles. The summed E-state index contributed by atoms with van der Waals surface area (Å²) < 4.78 is 24.7. The number of rotatable bonds is 6. The van der Waals surface area contributed by atoms with Crippen molar-refractivity contribution in [1.82, 2.24) is 20.5 Å². The van der Waals surface area contributed by atoms with E-state index in [0.717, 1.165) is 18.7 Å². The van der Waals surface area contributed by atoms with Gasteiger partial charge in [-0.2, -0.15) is 5.10 Å². The van der Waals surface area contributed by atoms with Crippen LogP contribution in [0.3, 0.4) is 0 Å². The van der Waals surface area contributed by atoms with Crippen LogP contribution < -0.4 is 10.1 Å². The lowest BCUT2D eigenvalue weighted by atomic mass is 10.1. The first-order chi connectivity index (χ1) is 10.8. The first-order valence-corrected chi connectivity index (χ1v) is 7.30. The lowest BCUT2D eigenvalue weighted by Gasteiger charge is -2.13. The number of H-pyrrole nitrogens is 1. The lowest BCUT2D eigenvalue weighted by molar-refractivity contribution is 0.0401. The van der Waals surface area contributed by atoms with Gasteiger partial charge in [0.05, 0.1) is 13.2 Å². The standard InChI is InChI=1S/C15H19FN4O2/c1-21-11-2-4-13(16)10(6-11)7-17-8-12-3-5-14(22-12)15-18-9-19-20-15/h2,4,6,9,12,14,17H,3,5,7-8H2,1H3,(H,18,19,20)/t12-,14+/m1/s1. The Balaban J connectivity index is 1.48. The molecule has 0 amide bonds. The number of ether oxygens (including phenoxy) is 2. The van der Waals surface area contributed by atoms with E-state index >= 15 is 0 Å². The molecule has 1 fully saturated rings. The average Bonchev–Trinajstić information content (AvgIpc) is 3.20. The van der Waals surface area contributed by atoms with Crippen molar-refractivity contribution < 1.29 is 13.9 Å². The molecule has 7 heteroatoms. The summed E-state index contributed by atoms with van der Waals surface area (Å²) >= 11 is 0. The van der Waals surface area contributed by atoms with Crippen molar-refractivity contribution in [2.24, 2.45) is 0 Å². The second-order valence-corrected chi connectivity index (χ2v) is 5.28. The molecule has 1 aliphatic rings. The van der Waals surface area contributed by atoms with Crippen LogP contribution in [0.5, 0.6) is 5.75 Å². The summed E-state index contributed by atoms with van der Waals surface area (Å²) in [6.07, 6.45) is 3.41. The second kappa shape index (κ2) is 6.85. The molecule has 3 rings (SSSR count). The zero-order chi connectivity index (χ0) is 15.4. The fourth-order valence-electron chi connectivity index (χ4n) is 2.61. The number of methoxy groups -OCH3 is 1. The van der Waals surface area contributed by atoms with Gasteiger partial charge in [-0.1, -0.05) is 0 Å². The Morgan fingerprint density at radius 1 is 1.45 bits per heavy atom. The molecule has 22 heavy (non-hydrogen) atoms. The van der Waals surface area contributed by atoms with Gasteiger partial charge in [0.15, 0.2) is 5.82 Å². The maximum atomic E-state index is 13.7. The third-order valence-electron chi connectivity index (χ3n) is 3.79. The summed E-state index contributed by atoms with van der Waals surface area (Å²) in [5, 5.41) is 9.90. The van der Waals surface area contributed by atoms with Crippen molar-refractivity contribution in [2.45, 2.75) is 31.6 Å². The monoisotopic (exact) mass is 306 g/mol. The minimum Gasteiger partial charge on any atom is -0.497 e. The van der Waals surface area contributed by atoms with Gasteiger partial charge in [-0.05, 0) is 31.0 Å². The summed E-state index contributed by atoms with van der Waals surface area (Å²) in [5.41, 5.74) is 0.587. The molecule has 2 aromatic rings. The molecule has 0 bridgehead atoms. The maximum Gasteiger partial charge on any atom is 0.153 e. The molecule has 1 aromatic heterocycles. The topological polar surface area (TPSA) is 72.1 Å². The number of benzene rings is 1. The van der Waals surface area contributed by atoms with Gasteiger partial charge in [0.2, 0.25) is 0 Å². The van der Waals surface area contributed by atoms with E-state index in [2.05, 4.69) is 20.5 Å². The number of aromatic nitrogens is 3. The summed E-state index contributed by atoms with van der Waals surface area (Å²) in [6.45, 7) is 1.11. The van der Waals surface area contributed by atoms with Crippen LogP contribution >= 0.6 is 0 Å². The van der Waals surface area contributed by atoms with Crippen LogP contribution in [-0.2, 0) is 11.3 Å². The number of nitrogens with one attached hydrogen (secondary N) is 2. The smallest absolute Gasteiger partial charge is 0.153 e. The number of aromatic amines is 1. The van der Waals surface area contributed by atoms with Crippen LogP contribution in [0.25, 0.3) is 0 Å². The molecule has 118 valence electrons. The molecule has 0 spiro atoms. The summed E-state index contributed by atoms with van der Waals surface area (Å²) in [5.74, 6) is 1.18. The average molecular weight is 306 g/mol. The maximum absolute atomic E-state index is 13.7. The number of halogens is 1. The second-order valence-electron chi connectivity index (χ2n) is 5.28. The van der Waals surface area contributed by atoms with Crippen molar-refractivity contribution in [1.29, 1.82) is 0 Å². The van der Waals surface area contributed by atoms with E-state index in [0.29, 0.717) is 24.4 Å². The molecule has 0 saturated carbocycles. The molecule has 6 nitrogen and oxygen atoms in total. The number of nitrogens with zero attached hydrogens (tertiary/aromatic N) is 2. The molecule has 2 heterocycles. The zero-order valence-corrected chi connectivity index (χ0v) is 12.4. The first kappa shape index (κ1) is 14.9. The van der Waals surface area contributed by atoms with Crippen LogP contribution in [-0.4, -0.2) is 34.9 Å². The molecular weight excluding hydrogens is 287 g/mol. The van der Waals surface area contributed by atoms with Crippen LogP contribution in [0.1, 0.15) is 30.3 Å². The largest absolute Gasteiger partial charge is 0.497 e. The van der Waals surface area contributed by atoms with Crippen molar-refractivity contribution in [2.75, 3.05) is 13.7 Å². The Labute approximate surface area is 128 Å². The van der Waals surface area contributed by atoms with Gasteiger partial charge in [0.25, 0.3) is 0 Å². The molecule has 0 aliphatic carbocycles. The van der Waals surface area contributed by atoms with E-state index < -0.39 is 0 Å². The van der Waals surface area contributed by atoms with Gasteiger partial charge in [0.1, 0.15) is 24.0 Å². The predicted octanol–water partition coefficient (Wildman–Crippen LogP) is 1.96. The van der Waals surface area contributed by atoms with Crippen LogP contribution in [0.2, 0.25) is 0 Å². The summed E-state index contributed by atoms with van der Waals surface area (Å²) in [4.78, 5) is 4.12. The summed E-state index contributed by atoms with van der Waals surface area (Å²) in [7, 11) is 1.57. The van der Waals surface area contributed by atoms with Crippen molar-refractivity contribution in [3.8, 4) is 5.75 Å². The molecule has 0 unspecified atom stereocenters. The molecule has 1 aromatic carbocycles. The van der Waals surface area contributed by atoms with E-state index in [1.807, 2.05) is 0 Å². The number of hydrogen-bond donors (Lipinski definition) is 2. The Morgan fingerprint density at radius 2 is 2.36 bits per heavy atom. The lowest BCUT2D eigenvalue weighted by Crippen LogP contribution is -2.26. The van der Waals surface area contributed by atoms with Crippen molar-refractivity contribution >= 4 is 0 Å². The minimum atomic E-state index is -0.236. The molecule has 0 radical (unpaired) electrons. The normalized spacial score (nSPS) is 21.2. The highest BCUT2D eigenvalue weighted by molar-refractivity contribution is 5.29. The van der Waals surface area contributed by atoms with Crippen molar-refractivity contribution in [3.05, 3.63) is 41.7 Å². The molecule has 1 aliphatic heterocycles. The van der Waals surface area contributed by atoms with Crippen molar-refractivity contribution in [3.63, 3.8) is 0 Å². The van der Waals surface area contributed by atoms with Gasteiger partial charge in [-0.25, -0.2) is 9.37 Å². The van der Waals surface area contributed by atoms with E-state index in [1.54, 1.807) is 19.2 Å². The SMILES string of the molecule is COc1ccc(F)c(CNC[C@H]2CC[C@@H](c3ncn[nH]3)O2)c1. The Hall–Kier alpha value is -1.99. The molecule has 2 N–H and O–H groups in total. The van der Waals surface area contributed by atoms with Gasteiger partial charge in [-0.15, -0.1) is 0 Å². The van der Waals surface area contributed by atoms with Gasteiger partial charge >= 0.3 is 0 Å². The van der Waals surface area contributed by atoms with Crippen LogP contribution in [0.4, 0.5) is 4.39 Å². The Kier molecular flexibility index (Phi) is 4.65. The number of hydrogen-bond acceptors (Lipinski definition) is 5. The van der Waals surface area contributed by atoms with E-state index in [-0.39, 0.29) is 18.0 Å². The van der Waals surface area contributed by atoms with E-state index in [4.69, 9.17) is 9.47 Å². The summed E-state index contributed by atoms with van der Waals surface area (Å²) in [6, 6.07) is 4.73. The third kappa shape index (κ3) is 3.42. The van der Waals surface area contributed by atoms with Gasteiger partial charge in [-0.3, -0.25) is 5.10 Å². The predicted molar refractivity (Wildman–Crippen MR) is 77.9 cm³/mol. The van der Waals surface area contributed by atoms with E-state index in [1.165, 1.54) is 12.4 Å². The highest BCUT2D eigenvalue weighted by atomic mass is 19.1. The molecular formula is C15H19FN4O2. The zero-order valence-electron chi connectivity index (χ0n) is 12.4. The quantitative estimate of drug-likeness (QED) is 0.853. The Bertz CT molecular complexity index is 606. The van der Waals surface area contributed by atoms with Gasteiger partial charge < -0.3 is 14.8 Å². The van der Waals surface area contributed by atoms with Gasteiger partial charge in [0, 0.05) is 18.7 Å². The van der Waals surface area contributed by atoms with Crippen LogP contribution in [0, 0.1) is 5.82 Å². The molecule has 2 atom stereocenters.